The van der Waals surface area contributed by atoms with Gasteiger partial charge < -0.3 is 5.73 Å². The number of nitrogens with two attached hydrogens (primary N) is 1. The van der Waals surface area contributed by atoms with Crippen molar-refractivity contribution in [2.75, 3.05) is 5.73 Å². The van der Waals surface area contributed by atoms with Crippen LogP contribution in [0.2, 0.25) is 0 Å². The Hall–Kier alpha value is -1.36. The summed E-state index contributed by atoms with van der Waals surface area (Å²) in [5.74, 6) is 0.568. The Morgan fingerprint density at radius 1 is 1.57 bits per heavy atom. The average molecular weight is 208 g/mol. The summed E-state index contributed by atoms with van der Waals surface area (Å²) in [4.78, 5) is 4.42. The van der Waals surface area contributed by atoms with Crippen molar-refractivity contribution in [3.8, 4) is 5.13 Å². The first-order chi connectivity index (χ1) is 6.70. The molecule has 2 N–H and O–H groups in total. The molecule has 0 bridgehead atoms. The third-order valence-electron chi connectivity index (χ3n) is 2.03. The fraction of sp³-hybridized carbons (Fsp3) is 0.333. The van der Waals surface area contributed by atoms with Gasteiger partial charge in [-0.25, -0.2) is 9.67 Å². The van der Waals surface area contributed by atoms with E-state index in [0.29, 0.717) is 5.82 Å². The number of rotatable bonds is 2. The predicted octanol–water partition coefficient (Wildman–Crippen LogP) is 1.78. The Labute approximate surface area is 86.4 Å². The van der Waals surface area contributed by atoms with Gasteiger partial charge in [-0.05, 0) is 13.3 Å². The first kappa shape index (κ1) is 9.21. The summed E-state index contributed by atoms with van der Waals surface area (Å²) in [6.45, 7) is 4.02. The van der Waals surface area contributed by atoms with Crippen LogP contribution >= 0.6 is 11.3 Å². The van der Waals surface area contributed by atoms with Crippen molar-refractivity contribution in [1.29, 1.82) is 0 Å². The fourth-order valence-corrected chi connectivity index (χ4v) is 1.97. The van der Waals surface area contributed by atoms with Gasteiger partial charge in [-0.15, -0.1) is 16.4 Å². The second-order valence-electron chi connectivity index (χ2n) is 3.12. The van der Waals surface area contributed by atoms with Crippen molar-refractivity contribution in [3.63, 3.8) is 0 Å². The SMILES string of the molecule is CCc1csc(-n2cc(C)c(N)n2)n1. The van der Waals surface area contributed by atoms with E-state index in [9.17, 15) is 0 Å². The summed E-state index contributed by atoms with van der Waals surface area (Å²) in [5, 5.41) is 7.09. The lowest BCUT2D eigenvalue weighted by Gasteiger charge is -1.92. The molecule has 0 saturated heterocycles. The number of aromatic nitrogens is 3. The molecule has 0 atom stereocenters. The quantitative estimate of drug-likeness (QED) is 0.818. The zero-order chi connectivity index (χ0) is 10.1. The van der Waals surface area contributed by atoms with E-state index in [0.717, 1.165) is 22.8 Å². The fourth-order valence-electron chi connectivity index (χ4n) is 1.14. The molecule has 5 heteroatoms. The lowest BCUT2D eigenvalue weighted by atomic mass is 10.4. The Kier molecular flexibility index (Phi) is 2.25. The highest BCUT2D eigenvalue weighted by atomic mass is 32.1. The Morgan fingerprint density at radius 2 is 2.36 bits per heavy atom. The predicted molar refractivity (Wildman–Crippen MR) is 57.8 cm³/mol. The van der Waals surface area contributed by atoms with Gasteiger partial charge >= 0.3 is 0 Å². The molecule has 74 valence electrons. The minimum Gasteiger partial charge on any atom is -0.382 e. The van der Waals surface area contributed by atoms with Gasteiger partial charge in [0.2, 0.25) is 5.13 Å². The number of anilines is 1. The van der Waals surface area contributed by atoms with Crippen molar-refractivity contribution < 1.29 is 0 Å². The van der Waals surface area contributed by atoms with Gasteiger partial charge in [-0.2, -0.15) is 0 Å². The van der Waals surface area contributed by atoms with Crippen LogP contribution in [0.5, 0.6) is 0 Å². The van der Waals surface area contributed by atoms with Crippen molar-refractivity contribution >= 4 is 17.2 Å². The number of aryl methyl sites for hydroxylation is 2. The monoisotopic (exact) mass is 208 g/mol. The largest absolute Gasteiger partial charge is 0.382 e. The van der Waals surface area contributed by atoms with Crippen LogP contribution < -0.4 is 5.73 Å². The molecule has 0 saturated carbocycles. The van der Waals surface area contributed by atoms with Crippen LogP contribution in [-0.2, 0) is 6.42 Å². The van der Waals surface area contributed by atoms with E-state index in [4.69, 9.17) is 5.73 Å². The standard InChI is InChI=1S/C9H12N4S/c1-3-7-5-14-9(11-7)13-4-6(2)8(10)12-13/h4-5H,3H2,1-2H3,(H2,10,12). The van der Waals surface area contributed by atoms with Crippen LogP contribution in [0, 0.1) is 6.92 Å². The summed E-state index contributed by atoms with van der Waals surface area (Å²) < 4.78 is 1.73. The van der Waals surface area contributed by atoms with E-state index in [-0.39, 0.29) is 0 Å². The molecule has 0 aliphatic carbocycles. The maximum absolute atomic E-state index is 5.66. The van der Waals surface area contributed by atoms with Crippen molar-refractivity contribution in [3.05, 3.63) is 22.8 Å². The van der Waals surface area contributed by atoms with Crippen molar-refractivity contribution in [2.45, 2.75) is 20.3 Å². The molecule has 2 heterocycles. The molecule has 14 heavy (non-hydrogen) atoms. The Bertz CT molecular complexity index is 424. The molecule has 0 amide bonds. The van der Waals surface area contributed by atoms with Crippen LogP contribution in [-0.4, -0.2) is 14.8 Å². The van der Waals surface area contributed by atoms with Gasteiger partial charge in [-0.3, -0.25) is 0 Å². The maximum Gasteiger partial charge on any atom is 0.210 e. The zero-order valence-electron chi connectivity index (χ0n) is 8.19. The lowest BCUT2D eigenvalue weighted by Crippen LogP contribution is -1.95. The highest BCUT2D eigenvalue weighted by Gasteiger charge is 2.06. The number of thiazole rings is 1. The molecule has 0 unspecified atom stereocenters. The Morgan fingerprint density at radius 3 is 2.86 bits per heavy atom. The van der Waals surface area contributed by atoms with Crippen LogP contribution in [0.3, 0.4) is 0 Å². The van der Waals surface area contributed by atoms with Gasteiger partial charge in [0.25, 0.3) is 0 Å². The van der Waals surface area contributed by atoms with Crippen LogP contribution in [0.1, 0.15) is 18.2 Å². The summed E-state index contributed by atoms with van der Waals surface area (Å²) in [5.41, 5.74) is 7.74. The molecule has 2 rings (SSSR count). The van der Waals surface area contributed by atoms with Gasteiger partial charge in [0.1, 0.15) is 5.82 Å². The molecule has 0 aliphatic rings. The van der Waals surface area contributed by atoms with Gasteiger partial charge in [0.05, 0.1) is 5.69 Å². The summed E-state index contributed by atoms with van der Waals surface area (Å²) in [6.07, 6.45) is 2.85. The number of nitrogens with zero attached hydrogens (tertiary/aromatic N) is 3. The summed E-state index contributed by atoms with van der Waals surface area (Å²) in [7, 11) is 0. The first-order valence-corrected chi connectivity index (χ1v) is 5.35. The molecule has 4 nitrogen and oxygen atoms in total. The third-order valence-corrected chi connectivity index (χ3v) is 2.91. The molecular weight excluding hydrogens is 196 g/mol. The molecule has 0 aliphatic heterocycles. The molecule has 0 radical (unpaired) electrons. The molecular formula is C9H12N4S. The smallest absolute Gasteiger partial charge is 0.210 e. The van der Waals surface area contributed by atoms with Crippen molar-refractivity contribution in [2.24, 2.45) is 0 Å². The normalized spacial score (nSPS) is 10.7. The number of nitrogen functional groups attached to an aromatic ring is 1. The molecule has 2 aromatic rings. The van der Waals surface area contributed by atoms with Gasteiger partial charge in [-0.1, -0.05) is 6.92 Å². The van der Waals surface area contributed by atoms with E-state index in [1.165, 1.54) is 0 Å². The highest BCUT2D eigenvalue weighted by molar-refractivity contribution is 7.12. The first-order valence-electron chi connectivity index (χ1n) is 4.47. The minimum atomic E-state index is 0.568. The molecule has 0 aromatic carbocycles. The molecule has 0 fully saturated rings. The second kappa shape index (κ2) is 3.42. The molecule has 2 aromatic heterocycles. The third kappa shape index (κ3) is 1.50. The van der Waals surface area contributed by atoms with E-state index >= 15 is 0 Å². The van der Waals surface area contributed by atoms with E-state index in [1.54, 1.807) is 16.0 Å². The highest BCUT2D eigenvalue weighted by Crippen LogP contribution is 2.17. The maximum atomic E-state index is 5.66. The van der Waals surface area contributed by atoms with Crippen LogP contribution in [0.4, 0.5) is 5.82 Å². The van der Waals surface area contributed by atoms with Gasteiger partial charge in [0, 0.05) is 17.1 Å². The number of hydrogen-bond donors (Lipinski definition) is 1. The second-order valence-corrected chi connectivity index (χ2v) is 3.95. The minimum absolute atomic E-state index is 0.568. The van der Waals surface area contributed by atoms with E-state index < -0.39 is 0 Å². The van der Waals surface area contributed by atoms with Crippen LogP contribution in [0.25, 0.3) is 5.13 Å². The van der Waals surface area contributed by atoms with E-state index in [2.05, 4.69) is 17.0 Å². The molecule has 0 spiro atoms. The van der Waals surface area contributed by atoms with E-state index in [1.807, 2.05) is 18.5 Å². The summed E-state index contributed by atoms with van der Waals surface area (Å²) >= 11 is 1.58. The van der Waals surface area contributed by atoms with Crippen molar-refractivity contribution in [1.82, 2.24) is 14.8 Å². The zero-order valence-corrected chi connectivity index (χ0v) is 9.01. The lowest BCUT2D eigenvalue weighted by molar-refractivity contribution is 0.863. The number of hydrogen-bond acceptors (Lipinski definition) is 4. The average Bonchev–Trinajstić information content (AvgIpc) is 2.74. The topological polar surface area (TPSA) is 56.7 Å². The summed E-state index contributed by atoms with van der Waals surface area (Å²) in [6, 6.07) is 0. The van der Waals surface area contributed by atoms with Crippen LogP contribution in [0.15, 0.2) is 11.6 Å². The van der Waals surface area contributed by atoms with Gasteiger partial charge in [0.15, 0.2) is 0 Å². The Balaban J connectivity index is 2.39.